The number of nitrogens with one attached hydrogen (secondary N) is 1. The van der Waals surface area contributed by atoms with Gasteiger partial charge in [0.15, 0.2) is 0 Å². The molecular weight excluding hydrogens is 338 g/mol. The van der Waals surface area contributed by atoms with Crippen molar-refractivity contribution in [2.24, 2.45) is 0 Å². The zero-order chi connectivity index (χ0) is 18.2. The molecular formula is C21H23N5O. The second-order valence-electron chi connectivity index (χ2n) is 7.58. The first kappa shape index (κ1) is 16.3. The van der Waals surface area contributed by atoms with Crippen LogP contribution in [0.1, 0.15) is 42.5 Å². The Kier molecular flexibility index (Phi) is 4.03. The van der Waals surface area contributed by atoms with E-state index < -0.39 is 0 Å². The van der Waals surface area contributed by atoms with Crippen LogP contribution in [-0.4, -0.2) is 39.0 Å². The van der Waals surface area contributed by atoms with Crippen molar-refractivity contribution in [1.29, 1.82) is 0 Å². The molecule has 3 aromatic rings. The minimum absolute atomic E-state index is 0.00651. The molecule has 1 saturated carbocycles. The third-order valence-corrected chi connectivity index (χ3v) is 5.66. The Labute approximate surface area is 158 Å². The van der Waals surface area contributed by atoms with Crippen LogP contribution in [0.3, 0.4) is 0 Å². The predicted octanol–water partition coefficient (Wildman–Crippen LogP) is 3.47. The van der Waals surface area contributed by atoms with Crippen LogP contribution in [0.2, 0.25) is 0 Å². The Morgan fingerprint density at radius 1 is 1.11 bits per heavy atom. The molecule has 1 saturated heterocycles. The number of rotatable bonds is 4. The van der Waals surface area contributed by atoms with Crippen LogP contribution >= 0.6 is 0 Å². The van der Waals surface area contributed by atoms with E-state index in [4.69, 9.17) is 0 Å². The lowest BCUT2D eigenvalue weighted by molar-refractivity contribution is 0.206. The van der Waals surface area contributed by atoms with Crippen molar-refractivity contribution in [3.63, 3.8) is 0 Å². The smallest absolute Gasteiger partial charge is 0.317 e. The molecule has 5 rings (SSSR count). The summed E-state index contributed by atoms with van der Waals surface area (Å²) in [7, 11) is 0. The average Bonchev–Trinajstić information content (AvgIpc) is 3.23. The van der Waals surface area contributed by atoms with Crippen LogP contribution in [-0.2, 0) is 6.54 Å². The number of nitrogens with zero attached hydrogens (tertiary/aromatic N) is 4. The number of fused-ring (bicyclic) bond motifs is 1. The number of hydrogen-bond donors (Lipinski definition) is 1. The lowest BCUT2D eigenvalue weighted by Crippen LogP contribution is -2.38. The summed E-state index contributed by atoms with van der Waals surface area (Å²) in [5, 5.41) is 14.0. The molecule has 1 aliphatic heterocycles. The van der Waals surface area contributed by atoms with Gasteiger partial charge in [-0.1, -0.05) is 47.7 Å². The predicted molar refractivity (Wildman–Crippen MR) is 103 cm³/mol. The molecule has 0 bridgehead atoms. The zero-order valence-corrected chi connectivity index (χ0v) is 15.2. The zero-order valence-electron chi connectivity index (χ0n) is 15.2. The standard InChI is InChI=1S/C21H23N5O/c27-21(22-12-17-6-3-5-15-4-1-2-7-19(15)17)25-11-10-18(13-25)26-14-20(23-24-26)16-8-9-16/h1-7,14,16,18H,8-13H2,(H,22,27). The van der Waals surface area contributed by atoms with E-state index in [1.165, 1.54) is 23.6 Å². The maximum atomic E-state index is 12.6. The van der Waals surface area contributed by atoms with Crippen molar-refractivity contribution in [3.8, 4) is 0 Å². The number of aromatic nitrogens is 3. The largest absolute Gasteiger partial charge is 0.334 e. The summed E-state index contributed by atoms with van der Waals surface area (Å²) in [6, 6.07) is 14.7. The van der Waals surface area contributed by atoms with E-state index in [0.29, 0.717) is 19.0 Å². The van der Waals surface area contributed by atoms with Crippen molar-refractivity contribution in [1.82, 2.24) is 25.2 Å². The number of carbonyl (C=O) groups is 1. The number of benzene rings is 2. The molecule has 1 unspecified atom stereocenters. The molecule has 6 heteroatoms. The fourth-order valence-electron chi connectivity index (χ4n) is 3.91. The fraction of sp³-hybridized carbons (Fsp3) is 0.381. The third-order valence-electron chi connectivity index (χ3n) is 5.66. The van der Waals surface area contributed by atoms with Gasteiger partial charge in [0.05, 0.1) is 11.7 Å². The highest BCUT2D eigenvalue weighted by molar-refractivity contribution is 5.86. The van der Waals surface area contributed by atoms with E-state index in [1.807, 2.05) is 27.8 Å². The van der Waals surface area contributed by atoms with Gasteiger partial charge in [-0.05, 0) is 35.6 Å². The molecule has 2 aliphatic rings. The quantitative estimate of drug-likeness (QED) is 0.774. The molecule has 0 radical (unpaired) electrons. The van der Waals surface area contributed by atoms with Crippen molar-refractivity contribution < 1.29 is 4.79 Å². The number of amides is 2. The summed E-state index contributed by atoms with van der Waals surface area (Å²) >= 11 is 0. The van der Waals surface area contributed by atoms with E-state index >= 15 is 0 Å². The van der Waals surface area contributed by atoms with E-state index in [-0.39, 0.29) is 12.1 Å². The van der Waals surface area contributed by atoms with E-state index in [2.05, 4.69) is 46.1 Å². The van der Waals surface area contributed by atoms with E-state index in [1.54, 1.807) is 0 Å². The van der Waals surface area contributed by atoms with Crippen molar-refractivity contribution in [3.05, 3.63) is 59.9 Å². The Hall–Kier alpha value is -2.89. The summed E-state index contributed by atoms with van der Waals surface area (Å²) in [5.74, 6) is 0.611. The second kappa shape index (κ2) is 6.68. The average molecular weight is 361 g/mol. The van der Waals surface area contributed by atoms with Gasteiger partial charge in [-0.3, -0.25) is 0 Å². The molecule has 2 aromatic carbocycles. The van der Waals surface area contributed by atoms with Crippen molar-refractivity contribution in [2.45, 2.75) is 37.8 Å². The summed E-state index contributed by atoms with van der Waals surface area (Å²) in [5.41, 5.74) is 2.25. The van der Waals surface area contributed by atoms with Crippen LogP contribution in [0.15, 0.2) is 48.7 Å². The van der Waals surface area contributed by atoms with E-state index in [0.717, 1.165) is 24.2 Å². The van der Waals surface area contributed by atoms with Crippen LogP contribution < -0.4 is 5.32 Å². The SMILES string of the molecule is O=C(NCc1cccc2ccccc12)N1CCC(n2cc(C3CC3)nn2)C1. The molecule has 27 heavy (non-hydrogen) atoms. The second-order valence-corrected chi connectivity index (χ2v) is 7.58. The molecule has 1 N–H and O–H groups in total. The lowest BCUT2D eigenvalue weighted by atomic mass is 10.0. The lowest BCUT2D eigenvalue weighted by Gasteiger charge is -2.18. The van der Waals surface area contributed by atoms with Gasteiger partial charge < -0.3 is 10.2 Å². The molecule has 2 heterocycles. The first-order valence-electron chi connectivity index (χ1n) is 9.69. The molecule has 138 valence electrons. The summed E-state index contributed by atoms with van der Waals surface area (Å²) in [6.45, 7) is 1.98. The summed E-state index contributed by atoms with van der Waals surface area (Å²) < 4.78 is 1.95. The first-order valence-corrected chi connectivity index (χ1v) is 9.69. The van der Waals surface area contributed by atoms with Crippen molar-refractivity contribution in [2.75, 3.05) is 13.1 Å². The van der Waals surface area contributed by atoms with Gasteiger partial charge in [0.2, 0.25) is 0 Å². The van der Waals surface area contributed by atoms with Gasteiger partial charge in [-0.15, -0.1) is 5.10 Å². The highest BCUT2D eigenvalue weighted by atomic mass is 16.2. The first-order chi connectivity index (χ1) is 13.3. The van der Waals surface area contributed by atoms with Crippen LogP contribution in [0.25, 0.3) is 10.8 Å². The maximum absolute atomic E-state index is 12.6. The summed E-state index contributed by atoms with van der Waals surface area (Å²) in [4.78, 5) is 14.5. The Morgan fingerprint density at radius 2 is 1.96 bits per heavy atom. The van der Waals surface area contributed by atoms with Crippen LogP contribution in [0.5, 0.6) is 0 Å². The minimum Gasteiger partial charge on any atom is -0.334 e. The highest BCUT2D eigenvalue weighted by Crippen LogP contribution is 2.39. The van der Waals surface area contributed by atoms with Gasteiger partial charge in [-0.25, -0.2) is 9.48 Å². The number of likely N-dealkylation sites (tertiary alicyclic amines) is 1. The van der Waals surface area contributed by atoms with Gasteiger partial charge in [0, 0.05) is 31.7 Å². The maximum Gasteiger partial charge on any atom is 0.317 e. The minimum atomic E-state index is -0.00651. The van der Waals surface area contributed by atoms with Crippen LogP contribution in [0.4, 0.5) is 4.79 Å². The molecule has 2 amide bonds. The van der Waals surface area contributed by atoms with Gasteiger partial charge in [0.1, 0.15) is 0 Å². The molecule has 1 atom stereocenters. The van der Waals surface area contributed by atoms with Crippen molar-refractivity contribution >= 4 is 16.8 Å². The van der Waals surface area contributed by atoms with Gasteiger partial charge >= 0.3 is 6.03 Å². The Bertz CT molecular complexity index is 972. The normalized spacial score (nSPS) is 19.6. The number of hydrogen-bond acceptors (Lipinski definition) is 3. The molecule has 1 aromatic heterocycles. The number of carbonyl (C=O) groups excluding carboxylic acids is 1. The molecule has 1 aliphatic carbocycles. The topological polar surface area (TPSA) is 63.1 Å². The Morgan fingerprint density at radius 3 is 2.85 bits per heavy atom. The Balaban J connectivity index is 1.21. The molecule has 6 nitrogen and oxygen atoms in total. The highest BCUT2D eigenvalue weighted by Gasteiger charge is 2.31. The fourth-order valence-corrected chi connectivity index (χ4v) is 3.91. The third kappa shape index (κ3) is 3.27. The van der Waals surface area contributed by atoms with Crippen LogP contribution in [0, 0.1) is 0 Å². The van der Waals surface area contributed by atoms with Gasteiger partial charge in [-0.2, -0.15) is 0 Å². The van der Waals surface area contributed by atoms with Gasteiger partial charge in [0.25, 0.3) is 0 Å². The monoisotopic (exact) mass is 361 g/mol. The number of urea groups is 1. The summed E-state index contributed by atoms with van der Waals surface area (Å²) in [6.07, 6.45) is 5.45. The van der Waals surface area contributed by atoms with E-state index in [9.17, 15) is 4.79 Å². The molecule has 2 fully saturated rings. The molecule has 0 spiro atoms.